The Kier molecular flexibility index (Phi) is 4.30. The van der Waals surface area contributed by atoms with Crippen LogP contribution in [0.5, 0.6) is 5.75 Å². The molecule has 0 saturated heterocycles. The standard InChI is InChI=1S/C15H22N2O2/c1-4-7-16-15(18)17-10-11(2)8-12-5-6-13(19-3)9-14(12)17/h5-6,9,11H,4,7-8,10H2,1-3H3,(H,16,18). The second-order valence-corrected chi connectivity index (χ2v) is 5.15. The molecule has 19 heavy (non-hydrogen) atoms. The normalized spacial score (nSPS) is 17.8. The van der Waals surface area contributed by atoms with Crippen LogP contribution in [0.2, 0.25) is 0 Å². The molecule has 0 radical (unpaired) electrons. The number of hydrogen-bond acceptors (Lipinski definition) is 2. The number of carbonyl (C=O) groups excluding carboxylic acids is 1. The van der Waals surface area contributed by atoms with E-state index in [1.807, 2.05) is 17.0 Å². The van der Waals surface area contributed by atoms with Crippen LogP contribution in [0.25, 0.3) is 0 Å². The van der Waals surface area contributed by atoms with Crippen molar-refractivity contribution in [1.82, 2.24) is 5.32 Å². The number of carbonyl (C=O) groups is 1. The monoisotopic (exact) mass is 262 g/mol. The van der Waals surface area contributed by atoms with Gasteiger partial charge in [-0.1, -0.05) is 19.9 Å². The lowest BCUT2D eigenvalue weighted by molar-refractivity contribution is 0.244. The summed E-state index contributed by atoms with van der Waals surface area (Å²) in [5.41, 5.74) is 2.19. The molecule has 1 atom stereocenters. The lowest BCUT2D eigenvalue weighted by Crippen LogP contribution is -2.45. The first-order valence-electron chi connectivity index (χ1n) is 6.88. The molecule has 1 aromatic carbocycles. The minimum Gasteiger partial charge on any atom is -0.497 e. The van der Waals surface area contributed by atoms with Gasteiger partial charge in [0, 0.05) is 19.2 Å². The molecule has 1 unspecified atom stereocenters. The van der Waals surface area contributed by atoms with Gasteiger partial charge in [0.1, 0.15) is 5.75 Å². The summed E-state index contributed by atoms with van der Waals surface area (Å²) in [6, 6.07) is 5.96. The van der Waals surface area contributed by atoms with E-state index in [1.165, 1.54) is 5.56 Å². The van der Waals surface area contributed by atoms with Crippen molar-refractivity contribution in [2.24, 2.45) is 5.92 Å². The largest absolute Gasteiger partial charge is 0.497 e. The van der Waals surface area contributed by atoms with Gasteiger partial charge in [0.15, 0.2) is 0 Å². The number of amides is 2. The number of fused-ring (bicyclic) bond motifs is 1. The van der Waals surface area contributed by atoms with Gasteiger partial charge in [-0.2, -0.15) is 0 Å². The summed E-state index contributed by atoms with van der Waals surface area (Å²) in [6.07, 6.45) is 1.96. The maximum absolute atomic E-state index is 12.2. The minimum atomic E-state index is -0.0112. The molecule has 4 nitrogen and oxygen atoms in total. The van der Waals surface area contributed by atoms with Crippen molar-refractivity contribution < 1.29 is 9.53 Å². The summed E-state index contributed by atoms with van der Waals surface area (Å²) in [4.78, 5) is 14.1. The number of methoxy groups -OCH3 is 1. The molecule has 2 rings (SSSR count). The van der Waals surface area contributed by atoms with Crippen LogP contribution < -0.4 is 15.0 Å². The number of anilines is 1. The Hall–Kier alpha value is -1.71. The van der Waals surface area contributed by atoms with Crippen molar-refractivity contribution in [1.29, 1.82) is 0 Å². The third kappa shape index (κ3) is 3.00. The zero-order valence-electron chi connectivity index (χ0n) is 11.9. The van der Waals surface area contributed by atoms with Gasteiger partial charge in [0.2, 0.25) is 0 Å². The number of urea groups is 1. The molecule has 0 fully saturated rings. The third-order valence-electron chi connectivity index (χ3n) is 3.42. The van der Waals surface area contributed by atoms with Crippen LogP contribution in [-0.2, 0) is 6.42 Å². The first-order chi connectivity index (χ1) is 9.15. The van der Waals surface area contributed by atoms with Crippen molar-refractivity contribution >= 4 is 11.7 Å². The fourth-order valence-corrected chi connectivity index (χ4v) is 2.46. The number of nitrogens with zero attached hydrogens (tertiary/aromatic N) is 1. The predicted molar refractivity (Wildman–Crippen MR) is 76.9 cm³/mol. The van der Waals surface area contributed by atoms with E-state index < -0.39 is 0 Å². The number of rotatable bonds is 3. The summed E-state index contributed by atoms with van der Waals surface area (Å²) < 4.78 is 5.26. The third-order valence-corrected chi connectivity index (χ3v) is 3.42. The molecule has 0 saturated carbocycles. The fraction of sp³-hybridized carbons (Fsp3) is 0.533. The highest BCUT2D eigenvalue weighted by Crippen LogP contribution is 2.32. The van der Waals surface area contributed by atoms with Crippen molar-refractivity contribution in [3.05, 3.63) is 23.8 Å². The molecule has 104 valence electrons. The number of benzene rings is 1. The fourth-order valence-electron chi connectivity index (χ4n) is 2.46. The molecule has 0 bridgehead atoms. The summed E-state index contributed by atoms with van der Waals surface area (Å²) >= 11 is 0. The predicted octanol–water partition coefficient (Wildman–Crippen LogP) is 2.81. The molecule has 1 heterocycles. The Morgan fingerprint density at radius 3 is 3.00 bits per heavy atom. The highest BCUT2D eigenvalue weighted by atomic mass is 16.5. The van der Waals surface area contributed by atoms with E-state index in [1.54, 1.807) is 7.11 Å². The quantitative estimate of drug-likeness (QED) is 0.910. The van der Waals surface area contributed by atoms with E-state index in [-0.39, 0.29) is 6.03 Å². The molecule has 1 aromatic rings. The highest BCUT2D eigenvalue weighted by molar-refractivity contribution is 5.93. The van der Waals surface area contributed by atoms with Crippen molar-refractivity contribution in [2.45, 2.75) is 26.7 Å². The van der Waals surface area contributed by atoms with Gasteiger partial charge in [-0.15, -0.1) is 0 Å². The van der Waals surface area contributed by atoms with Crippen LogP contribution in [0.4, 0.5) is 10.5 Å². The van der Waals surface area contributed by atoms with Crippen molar-refractivity contribution in [3.63, 3.8) is 0 Å². The van der Waals surface area contributed by atoms with Gasteiger partial charge in [-0.3, -0.25) is 4.90 Å². The van der Waals surface area contributed by atoms with Crippen LogP contribution in [0.3, 0.4) is 0 Å². The first-order valence-corrected chi connectivity index (χ1v) is 6.88. The van der Waals surface area contributed by atoms with E-state index >= 15 is 0 Å². The Morgan fingerprint density at radius 1 is 1.53 bits per heavy atom. The van der Waals surface area contributed by atoms with E-state index in [2.05, 4.69) is 25.2 Å². The van der Waals surface area contributed by atoms with E-state index in [4.69, 9.17) is 4.74 Å². The summed E-state index contributed by atoms with van der Waals surface area (Å²) in [5, 5.41) is 2.95. The van der Waals surface area contributed by atoms with Crippen molar-refractivity contribution in [3.8, 4) is 5.75 Å². The second-order valence-electron chi connectivity index (χ2n) is 5.15. The van der Waals surface area contributed by atoms with Crippen molar-refractivity contribution in [2.75, 3.05) is 25.1 Å². The lowest BCUT2D eigenvalue weighted by Gasteiger charge is -2.33. The van der Waals surface area contributed by atoms with Gasteiger partial charge in [-0.25, -0.2) is 4.79 Å². The van der Waals surface area contributed by atoms with Crippen LogP contribution in [0.1, 0.15) is 25.8 Å². The molecule has 1 aliphatic heterocycles. The molecule has 1 N–H and O–H groups in total. The topological polar surface area (TPSA) is 41.6 Å². The van der Waals surface area contributed by atoms with Crippen LogP contribution >= 0.6 is 0 Å². The Labute approximate surface area is 114 Å². The highest BCUT2D eigenvalue weighted by Gasteiger charge is 2.26. The van der Waals surface area contributed by atoms with Gasteiger partial charge in [0.05, 0.1) is 12.8 Å². The van der Waals surface area contributed by atoms with Crippen LogP contribution in [0.15, 0.2) is 18.2 Å². The lowest BCUT2D eigenvalue weighted by atomic mass is 9.94. The zero-order chi connectivity index (χ0) is 13.8. The summed E-state index contributed by atoms with van der Waals surface area (Å²) in [6.45, 7) is 5.70. The van der Waals surface area contributed by atoms with Gasteiger partial charge in [-0.05, 0) is 30.4 Å². The Bertz CT molecular complexity index is 459. The molecule has 2 amide bonds. The maximum atomic E-state index is 12.2. The molecular weight excluding hydrogens is 240 g/mol. The zero-order valence-corrected chi connectivity index (χ0v) is 11.9. The minimum absolute atomic E-state index is 0.0112. The van der Waals surface area contributed by atoms with Crippen LogP contribution in [0, 0.1) is 5.92 Å². The van der Waals surface area contributed by atoms with Gasteiger partial charge >= 0.3 is 6.03 Å². The average Bonchev–Trinajstić information content (AvgIpc) is 2.43. The smallest absolute Gasteiger partial charge is 0.321 e. The molecule has 0 aromatic heterocycles. The molecule has 4 heteroatoms. The average molecular weight is 262 g/mol. The molecular formula is C15H22N2O2. The van der Waals surface area contributed by atoms with E-state index in [0.717, 1.165) is 30.8 Å². The van der Waals surface area contributed by atoms with Gasteiger partial charge < -0.3 is 10.1 Å². The Balaban J connectivity index is 2.28. The molecule has 0 spiro atoms. The van der Waals surface area contributed by atoms with E-state index in [0.29, 0.717) is 12.5 Å². The maximum Gasteiger partial charge on any atom is 0.321 e. The van der Waals surface area contributed by atoms with Crippen LogP contribution in [-0.4, -0.2) is 26.2 Å². The first kappa shape index (κ1) is 13.7. The summed E-state index contributed by atoms with van der Waals surface area (Å²) in [7, 11) is 1.65. The van der Waals surface area contributed by atoms with E-state index in [9.17, 15) is 4.79 Å². The second kappa shape index (κ2) is 5.95. The molecule has 0 aliphatic carbocycles. The number of ether oxygens (including phenoxy) is 1. The number of hydrogen-bond donors (Lipinski definition) is 1. The molecule has 1 aliphatic rings. The SMILES string of the molecule is CCCNC(=O)N1CC(C)Cc2ccc(OC)cc21. The Morgan fingerprint density at radius 2 is 2.32 bits per heavy atom. The summed E-state index contributed by atoms with van der Waals surface area (Å²) in [5.74, 6) is 1.27. The number of nitrogens with one attached hydrogen (secondary N) is 1. The van der Waals surface area contributed by atoms with Gasteiger partial charge in [0.25, 0.3) is 0 Å².